The highest BCUT2D eigenvalue weighted by molar-refractivity contribution is 6.00. The first-order valence-corrected chi connectivity index (χ1v) is 14.7. The van der Waals surface area contributed by atoms with E-state index in [0.29, 0.717) is 17.3 Å². The average molecular weight is 533 g/mol. The lowest BCUT2D eigenvalue weighted by molar-refractivity contribution is -0.358. The van der Waals surface area contributed by atoms with E-state index in [1.165, 1.54) is 58.1 Å². The first-order chi connectivity index (χ1) is 18.8. The number of rotatable bonds is 6. The molecular formula is C31H36N2O6. The Hall–Kier alpha value is -2.90. The number of amides is 2. The summed E-state index contributed by atoms with van der Waals surface area (Å²) in [4.78, 5) is 51.0. The van der Waals surface area contributed by atoms with Gasteiger partial charge in [-0.2, -0.15) is 0 Å². The quantitative estimate of drug-likeness (QED) is 0.541. The van der Waals surface area contributed by atoms with Gasteiger partial charge in [-0.05, 0) is 122 Å². The van der Waals surface area contributed by atoms with E-state index in [0.717, 1.165) is 60.7 Å². The van der Waals surface area contributed by atoms with Crippen molar-refractivity contribution in [2.24, 2.45) is 64.1 Å². The topological polar surface area (TPSA) is 111 Å². The van der Waals surface area contributed by atoms with Gasteiger partial charge in [0, 0.05) is 5.69 Å². The third-order valence-corrected chi connectivity index (χ3v) is 12.7. The lowest BCUT2D eigenvalue weighted by Crippen LogP contribution is -2.79. The maximum atomic E-state index is 13.9. The molecule has 1 spiro atoms. The van der Waals surface area contributed by atoms with Crippen LogP contribution in [0.25, 0.3) is 0 Å². The first-order valence-electron chi connectivity index (χ1n) is 14.7. The van der Waals surface area contributed by atoms with Crippen molar-refractivity contribution >= 4 is 29.4 Å². The molecule has 0 aromatic heterocycles. The molecule has 206 valence electrons. The van der Waals surface area contributed by atoms with Gasteiger partial charge >= 0.3 is 11.9 Å². The summed E-state index contributed by atoms with van der Waals surface area (Å²) < 4.78 is 9.55. The van der Waals surface area contributed by atoms with Crippen LogP contribution >= 0.6 is 0 Å². The molecule has 8 heteroatoms. The monoisotopic (exact) mass is 532 g/mol. The lowest BCUT2D eigenvalue weighted by atomic mass is 9.20. The zero-order valence-corrected chi connectivity index (χ0v) is 22.5. The number of carbonyl (C=O) groups excluding carboxylic acids is 4. The van der Waals surface area contributed by atoms with Gasteiger partial charge in [0.15, 0.2) is 0 Å². The fourth-order valence-corrected chi connectivity index (χ4v) is 12.4. The van der Waals surface area contributed by atoms with Crippen molar-refractivity contribution in [2.45, 2.75) is 44.9 Å². The molecule has 10 saturated carbocycles. The molecule has 39 heavy (non-hydrogen) atoms. The molecule has 8 nitrogen and oxygen atoms in total. The van der Waals surface area contributed by atoms with Crippen LogP contribution in [0.1, 0.15) is 65.7 Å². The number of anilines is 1. The van der Waals surface area contributed by atoms with Gasteiger partial charge in [-0.25, -0.2) is 9.59 Å². The standard InChI is InChI=1S/C31H36N2O6/c1-38-27(35)15-5-16(28(36)39-2)7-17(6-15)33-24(34)12-32-29(37)30-10-22-19-8-18-20-3-14-4-21(18)26(23(19)11-30)31(9-14,13-30)25(20)22/h5-7,14,18-23,25-26H,3-4,8-13H2,1-2H3,(H,32,37)(H,33,34)/t14?,18?,19?,20-,21+,22+,23-,25+,26-,30?,31?. The summed E-state index contributed by atoms with van der Waals surface area (Å²) in [6.07, 6.45) is 8.69. The maximum absolute atomic E-state index is 13.9. The van der Waals surface area contributed by atoms with Crippen LogP contribution < -0.4 is 10.6 Å². The largest absolute Gasteiger partial charge is 0.465 e. The highest BCUT2D eigenvalue weighted by atomic mass is 16.5. The van der Waals surface area contributed by atoms with E-state index in [-0.39, 0.29) is 34.7 Å². The van der Waals surface area contributed by atoms with Crippen molar-refractivity contribution in [3.8, 4) is 0 Å². The molecule has 2 N–H and O–H groups in total. The minimum Gasteiger partial charge on any atom is -0.465 e. The average Bonchev–Trinajstić information content (AvgIpc) is 2.93. The summed E-state index contributed by atoms with van der Waals surface area (Å²) in [5.74, 6) is 6.01. The first kappa shape index (κ1) is 23.9. The van der Waals surface area contributed by atoms with E-state index in [9.17, 15) is 19.2 Å². The number of carbonyl (C=O) groups is 4. The fraction of sp³-hybridized carbons (Fsp3) is 0.677. The lowest BCUT2D eigenvalue weighted by Gasteiger charge is -2.84. The summed E-state index contributed by atoms with van der Waals surface area (Å²) in [5, 5.41) is 5.74. The number of hydrogen-bond donors (Lipinski definition) is 2. The Morgan fingerprint density at radius 2 is 1.38 bits per heavy atom. The Morgan fingerprint density at radius 3 is 1.97 bits per heavy atom. The number of benzene rings is 1. The zero-order chi connectivity index (χ0) is 26.8. The molecule has 10 aliphatic rings. The van der Waals surface area contributed by atoms with Gasteiger partial charge in [0.1, 0.15) is 0 Å². The number of nitrogens with one attached hydrogen (secondary N) is 2. The van der Waals surface area contributed by atoms with Crippen LogP contribution in [0.2, 0.25) is 0 Å². The molecule has 11 rings (SSSR count). The van der Waals surface area contributed by atoms with Crippen LogP contribution in [0.15, 0.2) is 18.2 Å². The van der Waals surface area contributed by atoms with Gasteiger partial charge < -0.3 is 20.1 Å². The minimum absolute atomic E-state index is 0.0504. The number of methoxy groups -OCH3 is 2. The molecule has 11 bridgehead atoms. The Bertz CT molecular complexity index is 1260. The van der Waals surface area contributed by atoms with Crippen LogP contribution in [0, 0.1) is 64.1 Å². The molecule has 10 aliphatic carbocycles. The van der Waals surface area contributed by atoms with Gasteiger partial charge in [0.05, 0.1) is 37.3 Å². The Kier molecular flexibility index (Phi) is 4.82. The van der Waals surface area contributed by atoms with Crippen LogP contribution in [0.4, 0.5) is 5.69 Å². The Balaban J connectivity index is 0.993. The number of ether oxygens (including phenoxy) is 2. The van der Waals surface area contributed by atoms with Crippen LogP contribution in [0.3, 0.4) is 0 Å². The van der Waals surface area contributed by atoms with E-state index < -0.39 is 17.8 Å². The second-order valence-corrected chi connectivity index (χ2v) is 13.9. The summed E-state index contributed by atoms with van der Waals surface area (Å²) in [5.41, 5.74) is 0.570. The molecule has 5 unspecified atom stereocenters. The predicted molar refractivity (Wildman–Crippen MR) is 139 cm³/mol. The smallest absolute Gasteiger partial charge is 0.337 e. The van der Waals surface area contributed by atoms with Gasteiger partial charge in [0.2, 0.25) is 11.8 Å². The molecule has 1 aromatic rings. The van der Waals surface area contributed by atoms with E-state index in [1.807, 2.05) is 0 Å². The molecule has 0 saturated heterocycles. The van der Waals surface area contributed by atoms with Crippen molar-refractivity contribution in [1.82, 2.24) is 5.32 Å². The van der Waals surface area contributed by atoms with E-state index in [4.69, 9.17) is 9.47 Å². The molecule has 11 atom stereocenters. The summed E-state index contributed by atoms with van der Waals surface area (Å²) in [7, 11) is 2.50. The van der Waals surface area contributed by atoms with Crippen molar-refractivity contribution in [3.63, 3.8) is 0 Å². The van der Waals surface area contributed by atoms with E-state index in [2.05, 4.69) is 10.6 Å². The minimum atomic E-state index is -0.629. The van der Waals surface area contributed by atoms with Crippen molar-refractivity contribution < 1.29 is 28.7 Å². The summed E-state index contributed by atoms with van der Waals surface area (Å²) in [6.45, 7) is -0.148. The predicted octanol–water partition coefficient (Wildman–Crippen LogP) is 3.66. The molecule has 0 heterocycles. The van der Waals surface area contributed by atoms with Gasteiger partial charge in [0.25, 0.3) is 0 Å². The van der Waals surface area contributed by atoms with E-state index >= 15 is 0 Å². The van der Waals surface area contributed by atoms with Crippen molar-refractivity contribution in [1.29, 1.82) is 0 Å². The molecule has 0 aliphatic heterocycles. The third kappa shape index (κ3) is 3.01. The van der Waals surface area contributed by atoms with Gasteiger partial charge in [-0.3, -0.25) is 9.59 Å². The van der Waals surface area contributed by atoms with Gasteiger partial charge in [-0.15, -0.1) is 0 Å². The normalized spacial score (nSPS) is 44.4. The van der Waals surface area contributed by atoms with Crippen molar-refractivity contribution in [2.75, 3.05) is 26.1 Å². The summed E-state index contributed by atoms with van der Waals surface area (Å²) >= 11 is 0. The van der Waals surface area contributed by atoms with Crippen LogP contribution in [0.5, 0.6) is 0 Å². The maximum Gasteiger partial charge on any atom is 0.337 e. The molecule has 1 aromatic carbocycles. The molecule has 2 amide bonds. The van der Waals surface area contributed by atoms with Crippen molar-refractivity contribution in [3.05, 3.63) is 29.3 Å². The Morgan fingerprint density at radius 1 is 0.795 bits per heavy atom. The SMILES string of the molecule is COC(=O)c1cc(NC(=O)CNC(=O)C23C[C@@H]4C5CC6[C@H]7CC8C[C@@H]6[C@H]4C(C8)(C2)[C@@H]7[C@H]5C3)cc(C(=O)OC)c1. The zero-order valence-electron chi connectivity index (χ0n) is 22.5. The molecular weight excluding hydrogens is 496 g/mol. The number of esters is 2. The third-order valence-electron chi connectivity index (χ3n) is 12.7. The molecule has 10 fully saturated rings. The van der Waals surface area contributed by atoms with Crippen LogP contribution in [-0.2, 0) is 19.1 Å². The highest BCUT2D eigenvalue weighted by Crippen LogP contribution is 2.86. The van der Waals surface area contributed by atoms with Gasteiger partial charge in [-0.1, -0.05) is 0 Å². The second-order valence-electron chi connectivity index (χ2n) is 13.9. The molecule has 0 radical (unpaired) electrons. The highest BCUT2D eigenvalue weighted by Gasteiger charge is 2.81. The second kappa shape index (κ2) is 7.85. The summed E-state index contributed by atoms with van der Waals surface area (Å²) in [6, 6.07) is 4.26. The van der Waals surface area contributed by atoms with E-state index in [1.54, 1.807) is 0 Å². The Labute approximate surface area is 227 Å². The fourth-order valence-electron chi connectivity index (χ4n) is 12.4. The van der Waals surface area contributed by atoms with Crippen LogP contribution in [-0.4, -0.2) is 44.5 Å². The number of hydrogen-bond acceptors (Lipinski definition) is 6.